The molecule has 4 aromatic rings. The predicted octanol–water partition coefficient (Wildman–Crippen LogP) is 6.71. The predicted molar refractivity (Wildman–Crippen MR) is 116 cm³/mol. The van der Waals surface area contributed by atoms with Crippen molar-refractivity contribution in [1.82, 2.24) is 15.0 Å². The van der Waals surface area contributed by atoms with Gasteiger partial charge in [-0.25, -0.2) is 15.0 Å². The maximum atomic E-state index is 4.74. The molecule has 0 saturated heterocycles. The zero-order valence-electron chi connectivity index (χ0n) is 14.5. The van der Waals surface area contributed by atoms with Crippen LogP contribution in [0.3, 0.4) is 0 Å². The number of aromatic nitrogens is 3. The normalized spacial score (nSPS) is 10.8. The summed E-state index contributed by atoms with van der Waals surface area (Å²) in [7, 11) is 0. The highest BCUT2D eigenvalue weighted by molar-refractivity contribution is 9.10. The molecule has 0 saturated carbocycles. The third kappa shape index (κ3) is 4.15. The Balaban J connectivity index is 1.92. The second-order valence-corrected chi connectivity index (χ2v) is 8.02. The Labute approximate surface area is 174 Å². The molecule has 0 aliphatic rings. The number of hydrogen-bond donors (Lipinski definition) is 0. The van der Waals surface area contributed by atoms with Gasteiger partial charge in [0.2, 0.25) is 0 Å². The summed E-state index contributed by atoms with van der Waals surface area (Å²) in [6.07, 6.45) is 0. The smallest absolute Gasteiger partial charge is 0.164 e. The molecule has 0 aliphatic heterocycles. The molecule has 0 unspecified atom stereocenters. The first-order valence-electron chi connectivity index (χ1n) is 8.43. The van der Waals surface area contributed by atoms with Gasteiger partial charge in [0.1, 0.15) is 0 Å². The van der Waals surface area contributed by atoms with E-state index in [4.69, 9.17) is 15.0 Å². The first kappa shape index (κ1) is 18.0. The molecular formula is C22H15Br2N3. The van der Waals surface area contributed by atoms with Gasteiger partial charge in [-0.15, -0.1) is 0 Å². The summed E-state index contributed by atoms with van der Waals surface area (Å²) in [5.41, 5.74) is 4.05. The molecule has 0 radical (unpaired) electrons. The average molecular weight is 481 g/mol. The van der Waals surface area contributed by atoms with Crippen molar-refractivity contribution in [2.45, 2.75) is 6.92 Å². The van der Waals surface area contributed by atoms with Crippen LogP contribution in [-0.2, 0) is 0 Å². The Bertz CT molecular complexity index is 1040. The maximum absolute atomic E-state index is 4.74. The largest absolute Gasteiger partial charge is 0.208 e. The molecular weight excluding hydrogens is 466 g/mol. The maximum Gasteiger partial charge on any atom is 0.164 e. The van der Waals surface area contributed by atoms with Crippen molar-refractivity contribution in [3.8, 4) is 34.2 Å². The van der Waals surface area contributed by atoms with Gasteiger partial charge in [0.05, 0.1) is 0 Å². The minimum Gasteiger partial charge on any atom is -0.208 e. The van der Waals surface area contributed by atoms with Crippen LogP contribution in [0.15, 0.2) is 81.7 Å². The van der Waals surface area contributed by atoms with Crippen LogP contribution in [0.25, 0.3) is 34.2 Å². The lowest BCUT2D eigenvalue weighted by Gasteiger charge is -2.09. The van der Waals surface area contributed by atoms with Gasteiger partial charge in [0, 0.05) is 25.6 Å². The summed E-state index contributed by atoms with van der Waals surface area (Å²) >= 11 is 7.05. The van der Waals surface area contributed by atoms with Crippen molar-refractivity contribution in [1.29, 1.82) is 0 Å². The first-order valence-corrected chi connectivity index (χ1v) is 10.0. The Kier molecular flexibility index (Phi) is 5.14. The summed E-state index contributed by atoms with van der Waals surface area (Å²) in [6.45, 7) is 2.07. The van der Waals surface area contributed by atoms with Gasteiger partial charge in [0.15, 0.2) is 17.5 Å². The number of aryl methyl sites for hydroxylation is 1. The third-order valence-corrected chi connectivity index (χ3v) is 5.10. The molecule has 3 nitrogen and oxygen atoms in total. The van der Waals surface area contributed by atoms with Gasteiger partial charge in [-0.05, 0) is 31.2 Å². The summed E-state index contributed by atoms with van der Waals surface area (Å²) in [6, 6.07) is 24.2. The lowest BCUT2D eigenvalue weighted by Crippen LogP contribution is -2.00. The lowest BCUT2D eigenvalue weighted by atomic mass is 10.1. The number of halogens is 2. The van der Waals surface area contributed by atoms with E-state index in [9.17, 15) is 0 Å². The molecule has 27 heavy (non-hydrogen) atoms. The SMILES string of the molecule is Cc1ccc(-c2nc(-c3cccc(Br)c3)nc(-c3cccc(Br)c3)n2)cc1. The Hall–Kier alpha value is -2.37. The van der Waals surface area contributed by atoms with Crippen LogP contribution in [0.4, 0.5) is 0 Å². The second kappa shape index (κ2) is 7.71. The van der Waals surface area contributed by atoms with Crippen LogP contribution in [0.1, 0.15) is 5.56 Å². The van der Waals surface area contributed by atoms with Crippen LogP contribution in [0.5, 0.6) is 0 Å². The highest BCUT2D eigenvalue weighted by Gasteiger charge is 2.12. The number of rotatable bonds is 3. The minimum absolute atomic E-state index is 0.650. The number of hydrogen-bond acceptors (Lipinski definition) is 3. The van der Waals surface area contributed by atoms with E-state index in [-0.39, 0.29) is 0 Å². The molecule has 0 aliphatic carbocycles. The Morgan fingerprint density at radius 1 is 0.556 bits per heavy atom. The van der Waals surface area contributed by atoms with E-state index in [1.165, 1.54) is 5.56 Å². The minimum atomic E-state index is 0.650. The summed E-state index contributed by atoms with van der Waals surface area (Å²) < 4.78 is 1.97. The monoisotopic (exact) mass is 479 g/mol. The van der Waals surface area contributed by atoms with Crippen molar-refractivity contribution in [3.05, 3.63) is 87.3 Å². The fourth-order valence-corrected chi connectivity index (χ4v) is 3.52. The zero-order chi connectivity index (χ0) is 18.8. The van der Waals surface area contributed by atoms with Crippen molar-refractivity contribution in [2.24, 2.45) is 0 Å². The Morgan fingerprint density at radius 3 is 1.44 bits per heavy atom. The van der Waals surface area contributed by atoms with Gasteiger partial charge in [-0.1, -0.05) is 86.0 Å². The highest BCUT2D eigenvalue weighted by atomic mass is 79.9. The lowest BCUT2D eigenvalue weighted by molar-refractivity contribution is 1.07. The van der Waals surface area contributed by atoms with Crippen molar-refractivity contribution in [2.75, 3.05) is 0 Å². The fraction of sp³-hybridized carbons (Fsp3) is 0.0455. The van der Waals surface area contributed by atoms with Gasteiger partial charge in [0.25, 0.3) is 0 Å². The first-order chi connectivity index (χ1) is 13.1. The van der Waals surface area contributed by atoms with Crippen LogP contribution < -0.4 is 0 Å². The molecule has 0 bridgehead atoms. The summed E-state index contributed by atoms with van der Waals surface area (Å²) in [5.74, 6) is 1.96. The summed E-state index contributed by atoms with van der Waals surface area (Å²) in [4.78, 5) is 14.2. The third-order valence-electron chi connectivity index (χ3n) is 4.11. The Morgan fingerprint density at radius 2 is 1.00 bits per heavy atom. The van der Waals surface area contributed by atoms with E-state index in [0.29, 0.717) is 17.5 Å². The molecule has 0 N–H and O–H groups in total. The quantitative estimate of drug-likeness (QED) is 0.327. The molecule has 0 atom stereocenters. The molecule has 1 heterocycles. The van der Waals surface area contributed by atoms with Crippen LogP contribution in [0, 0.1) is 6.92 Å². The van der Waals surface area contributed by atoms with Crippen LogP contribution in [-0.4, -0.2) is 15.0 Å². The standard InChI is InChI=1S/C22H15Br2N3/c1-14-8-10-15(11-9-14)20-25-21(16-4-2-6-18(23)12-16)27-22(26-20)17-5-3-7-19(24)13-17/h2-13H,1H3. The van der Waals surface area contributed by atoms with E-state index < -0.39 is 0 Å². The van der Waals surface area contributed by atoms with Gasteiger partial charge in [-0.3, -0.25) is 0 Å². The van der Waals surface area contributed by atoms with E-state index >= 15 is 0 Å². The second-order valence-electron chi connectivity index (χ2n) is 6.19. The van der Waals surface area contributed by atoms with Gasteiger partial charge < -0.3 is 0 Å². The molecule has 3 aromatic carbocycles. The molecule has 132 valence electrons. The van der Waals surface area contributed by atoms with E-state index in [1.807, 2.05) is 60.7 Å². The molecule has 0 spiro atoms. The van der Waals surface area contributed by atoms with Crippen LogP contribution in [0.2, 0.25) is 0 Å². The van der Waals surface area contributed by atoms with Gasteiger partial charge >= 0.3 is 0 Å². The van der Waals surface area contributed by atoms with Gasteiger partial charge in [-0.2, -0.15) is 0 Å². The van der Waals surface area contributed by atoms with E-state index in [2.05, 4.69) is 50.9 Å². The fourth-order valence-electron chi connectivity index (χ4n) is 2.72. The molecule has 4 rings (SSSR count). The van der Waals surface area contributed by atoms with E-state index in [0.717, 1.165) is 25.6 Å². The highest BCUT2D eigenvalue weighted by Crippen LogP contribution is 2.27. The zero-order valence-corrected chi connectivity index (χ0v) is 17.7. The number of nitrogens with zero attached hydrogens (tertiary/aromatic N) is 3. The molecule has 1 aromatic heterocycles. The van der Waals surface area contributed by atoms with Crippen LogP contribution >= 0.6 is 31.9 Å². The summed E-state index contributed by atoms with van der Waals surface area (Å²) in [5, 5.41) is 0. The molecule has 0 amide bonds. The average Bonchev–Trinajstić information content (AvgIpc) is 2.68. The topological polar surface area (TPSA) is 38.7 Å². The molecule has 0 fully saturated rings. The van der Waals surface area contributed by atoms with Crippen molar-refractivity contribution >= 4 is 31.9 Å². The molecule has 5 heteroatoms. The number of benzene rings is 3. The van der Waals surface area contributed by atoms with Crippen molar-refractivity contribution < 1.29 is 0 Å². The van der Waals surface area contributed by atoms with Crippen molar-refractivity contribution in [3.63, 3.8) is 0 Å². The van der Waals surface area contributed by atoms with E-state index in [1.54, 1.807) is 0 Å².